The molecule has 6 atom stereocenters. The molecule has 1 aliphatic heterocycles. The van der Waals surface area contributed by atoms with Crippen molar-refractivity contribution >= 4 is 25.1 Å². The molecule has 3 aromatic heterocycles. The summed E-state index contributed by atoms with van der Waals surface area (Å²) in [5, 5.41) is 11.3. The number of fused-ring (bicyclic) bond motifs is 1. The topological polar surface area (TPSA) is 144 Å². The Bertz CT molecular complexity index is 1100. The normalized spacial score (nSPS) is 24.8. The second-order valence-corrected chi connectivity index (χ2v) is 9.35. The minimum absolute atomic E-state index is 0.00442. The van der Waals surface area contributed by atoms with Crippen LogP contribution < -0.4 is 5.73 Å². The number of ether oxygens (including phenoxy) is 2. The minimum Gasteiger partial charge on any atom is -0.390 e. The molecule has 1 fully saturated rings. The van der Waals surface area contributed by atoms with Crippen molar-refractivity contribution in [2.75, 3.05) is 26.1 Å². The Kier molecular flexibility index (Phi) is 8.25. The summed E-state index contributed by atoms with van der Waals surface area (Å²) in [5.41, 5.74) is 7.51. The van der Waals surface area contributed by atoms with Crippen molar-refractivity contribution in [2.45, 2.75) is 44.3 Å². The highest BCUT2D eigenvalue weighted by molar-refractivity contribution is 7.33. The number of aromatic nitrogens is 4. The molecule has 184 valence electrons. The Morgan fingerprint density at radius 1 is 1.35 bits per heavy atom. The molecule has 4 heterocycles. The predicted octanol–water partition coefficient (Wildman–Crippen LogP) is 2.89. The Balaban J connectivity index is 1.30. The van der Waals surface area contributed by atoms with Crippen molar-refractivity contribution in [2.24, 2.45) is 5.92 Å². The number of methoxy groups -OCH3 is 1. The lowest BCUT2D eigenvalue weighted by molar-refractivity contribution is -0.179. The number of aliphatic hydroxyl groups excluding tert-OH is 1. The zero-order chi connectivity index (χ0) is 24.1. The molecule has 0 aromatic carbocycles. The first-order valence-electron chi connectivity index (χ1n) is 11.1. The van der Waals surface area contributed by atoms with E-state index in [4.69, 9.17) is 24.3 Å². The summed E-state index contributed by atoms with van der Waals surface area (Å²) < 4.78 is 36.6. The van der Waals surface area contributed by atoms with Crippen LogP contribution in [0.1, 0.15) is 37.7 Å². The first kappa shape index (κ1) is 24.7. The van der Waals surface area contributed by atoms with Crippen LogP contribution in [-0.2, 0) is 23.1 Å². The third kappa shape index (κ3) is 5.63. The van der Waals surface area contributed by atoms with E-state index >= 15 is 0 Å². The van der Waals surface area contributed by atoms with Gasteiger partial charge in [0.15, 0.2) is 0 Å². The van der Waals surface area contributed by atoms with Gasteiger partial charge in [0, 0.05) is 38.0 Å². The van der Waals surface area contributed by atoms with Gasteiger partial charge in [0.25, 0.3) is 0 Å². The van der Waals surface area contributed by atoms with Gasteiger partial charge < -0.3 is 33.9 Å². The maximum atomic E-state index is 12.3. The summed E-state index contributed by atoms with van der Waals surface area (Å²) in [6.45, 7) is 2.12. The summed E-state index contributed by atoms with van der Waals surface area (Å²) in [4.78, 5) is 12.4. The zero-order valence-corrected chi connectivity index (χ0v) is 20.1. The first-order valence-corrected chi connectivity index (χ1v) is 12.3. The first-order chi connectivity index (χ1) is 16.5. The summed E-state index contributed by atoms with van der Waals surface area (Å²) >= 11 is 0. The van der Waals surface area contributed by atoms with E-state index in [1.807, 2.05) is 35.9 Å². The molecule has 1 unspecified atom stereocenters. The van der Waals surface area contributed by atoms with Crippen molar-refractivity contribution in [3.63, 3.8) is 0 Å². The fourth-order valence-electron chi connectivity index (χ4n) is 4.17. The van der Waals surface area contributed by atoms with Gasteiger partial charge in [-0.1, -0.05) is 13.0 Å². The Morgan fingerprint density at radius 3 is 2.97 bits per heavy atom. The molecule has 34 heavy (non-hydrogen) atoms. The van der Waals surface area contributed by atoms with Gasteiger partial charge in [-0.3, -0.25) is 9.55 Å². The van der Waals surface area contributed by atoms with E-state index < -0.39 is 26.7 Å². The van der Waals surface area contributed by atoms with Crippen LogP contribution in [0.25, 0.3) is 11.0 Å². The van der Waals surface area contributed by atoms with E-state index in [-0.39, 0.29) is 25.2 Å². The second kappa shape index (κ2) is 11.4. The lowest BCUT2D eigenvalue weighted by Gasteiger charge is -2.38. The average Bonchev–Trinajstić information content (AvgIpc) is 3.27. The molecule has 0 radical (unpaired) electrons. The van der Waals surface area contributed by atoms with Crippen LogP contribution >= 0.6 is 8.25 Å². The highest BCUT2D eigenvalue weighted by Crippen LogP contribution is 2.36. The van der Waals surface area contributed by atoms with E-state index in [1.165, 1.54) is 6.33 Å². The van der Waals surface area contributed by atoms with Gasteiger partial charge in [-0.2, -0.15) is 0 Å². The van der Waals surface area contributed by atoms with Gasteiger partial charge in [-0.25, -0.2) is 9.97 Å². The molecule has 0 bridgehead atoms. The number of anilines is 1. The van der Waals surface area contributed by atoms with Crippen LogP contribution in [0, 0.1) is 5.92 Å². The van der Waals surface area contributed by atoms with E-state index in [0.29, 0.717) is 24.3 Å². The largest absolute Gasteiger partial charge is 0.390 e. The number of nitrogen functional groups attached to an aromatic ring is 1. The summed E-state index contributed by atoms with van der Waals surface area (Å²) in [6, 6.07) is 5.58. The maximum Gasteiger partial charge on any atom is 0.319 e. The van der Waals surface area contributed by atoms with Crippen LogP contribution in [0.3, 0.4) is 0 Å². The third-order valence-corrected chi connectivity index (χ3v) is 6.81. The molecule has 0 saturated carbocycles. The van der Waals surface area contributed by atoms with Crippen LogP contribution in [0.2, 0.25) is 0 Å². The molecule has 12 heteroatoms. The van der Waals surface area contributed by atoms with Gasteiger partial charge in [-0.05, 0) is 24.1 Å². The summed E-state index contributed by atoms with van der Waals surface area (Å²) in [5.74, 6) is 0.395. The number of hydrogen-bond donors (Lipinski definition) is 2. The lowest BCUT2D eigenvalue weighted by Crippen LogP contribution is -2.43. The van der Waals surface area contributed by atoms with Crippen molar-refractivity contribution in [1.82, 2.24) is 19.5 Å². The smallest absolute Gasteiger partial charge is 0.319 e. The van der Waals surface area contributed by atoms with E-state index in [1.54, 1.807) is 19.5 Å². The van der Waals surface area contributed by atoms with E-state index in [2.05, 4.69) is 15.0 Å². The molecular formula is C22H30N5O6P. The third-order valence-electron chi connectivity index (χ3n) is 5.96. The van der Waals surface area contributed by atoms with Crippen LogP contribution in [0.5, 0.6) is 0 Å². The van der Waals surface area contributed by atoms with E-state index in [0.717, 1.165) is 10.9 Å². The van der Waals surface area contributed by atoms with Crippen molar-refractivity contribution in [3.8, 4) is 0 Å². The molecule has 1 aliphatic rings. The highest BCUT2D eigenvalue weighted by atomic mass is 31.1. The van der Waals surface area contributed by atoms with Gasteiger partial charge in [0.1, 0.15) is 30.1 Å². The zero-order valence-electron chi connectivity index (χ0n) is 19.1. The van der Waals surface area contributed by atoms with Crippen LogP contribution in [-0.4, -0.2) is 57.2 Å². The molecule has 0 spiro atoms. The van der Waals surface area contributed by atoms with Crippen molar-refractivity contribution < 1.29 is 28.2 Å². The number of hydrogen-bond acceptors (Lipinski definition) is 10. The van der Waals surface area contributed by atoms with Gasteiger partial charge in [0.05, 0.1) is 30.8 Å². The van der Waals surface area contributed by atoms with Crippen LogP contribution in [0.4, 0.5) is 5.82 Å². The average molecular weight is 491 g/mol. The molecule has 11 nitrogen and oxygen atoms in total. The summed E-state index contributed by atoms with van der Waals surface area (Å²) in [7, 11) is -1.17. The van der Waals surface area contributed by atoms with Gasteiger partial charge in [0.2, 0.25) is 0 Å². The molecule has 1 saturated heterocycles. The Hall–Kier alpha value is -2.40. The predicted molar refractivity (Wildman–Crippen MR) is 125 cm³/mol. The van der Waals surface area contributed by atoms with Crippen LogP contribution in [0.15, 0.2) is 43.1 Å². The standard InChI is InChI=1S/C22H30N5O6P/c1-14-10-17(28)19(33-22(14)27-8-5-16-20(23)25-13-26-21(16)27)12-32-34(29)31-9-6-18(30-2)15-4-3-7-24-11-15/h3-5,7-8,11,13-14,17-19,22,28,34H,6,9-10,12H2,1-2H3,(H2,23,25,26)/t14-,17+,18-,19-,22-/m1/s1. The molecule has 0 amide bonds. The number of aliphatic hydroxyl groups is 1. The van der Waals surface area contributed by atoms with Gasteiger partial charge in [-0.15, -0.1) is 0 Å². The van der Waals surface area contributed by atoms with Gasteiger partial charge >= 0.3 is 8.25 Å². The van der Waals surface area contributed by atoms with E-state index in [9.17, 15) is 9.67 Å². The molecular weight excluding hydrogens is 461 g/mol. The fourth-order valence-corrected chi connectivity index (χ4v) is 4.84. The number of nitrogens with two attached hydrogens (primary N) is 1. The quantitative estimate of drug-likeness (QED) is 0.406. The summed E-state index contributed by atoms with van der Waals surface area (Å²) in [6.07, 6.45) is 5.60. The second-order valence-electron chi connectivity index (χ2n) is 8.27. The minimum atomic E-state index is -2.78. The highest BCUT2D eigenvalue weighted by Gasteiger charge is 2.37. The number of pyridine rings is 1. The number of nitrogens with zero attached hydrogens (tertiary/aromatic N) is 4. The fraction of sp³-hybridized carbons (Fsp3) is 0.500. The monoisotopic (exact) mass is 491 g/mol. The molecule has 4 rings (SSSR count). The molecule has 3 N–H and O–H groups in total. The maximum absolute atomic E-state index is 12.3. The number of rotatable bonds is 10. The lowest BCUT2D eigenvalue weighted by atomic mass is 9.95. The van der Waals surface area contributed by atoms with Crippen molar-refractivity contribution in [3.05, 3.63) is 48.7 Å². The Morgan fingerprint density at radius 2 is 2.21 bits per heavy atom. The van der Waals surface area contributed by atoms with Crippen molar-refractivity contribution in [1.29, 1.82) is 0 Å². The SMILES string of the molecule is CO[C@H](CCO[PH](=O)OC[C@H]1O[C@@H](n2ccc3c(N)ncnc32)[C@H](C)C[C@@H]1O)c1cccnc1. The molecule has 3 aromatic rings. The Labute approximate surface area is 198 Å². The molecule has 0 aliphatic carbocycles.